The number of halogens is 3. The molecule has 1 amide bonds. The van der Waals surface area contributed by atoms with Crippen molar-refractivity contribution >= 4 is 22.3 Å². The molecule has 19 heteroatoms. The number of carbonyl (C=O) groups excluding carboxylic acids is 2. The van der Waals surface area contributed by atoms with Crippen LogP contribution in [0.4, 0.5) is 22.8 Å². The Morgan fingerprint density at radius 2 is 1.70 bits per heavy atom. The standard InChI is InChI=1S/C28H31F3N6O9S/c1-18-5-7-20(8-6-18)23-13-24(28(29,30)31)32-36(23)21-9-11-22(12-10-21)47(41,42)33-25(38)43-16-19-14-35(15-19)37(40)34-45-17-44-26(39)46-27(2,3)4/h5-13,19H,14-17H2,1-4H3,(H,33,38). The summed E-state index contributed by atoms with van der Waals surface area (Å²) in [6.07, 6.45) is -7.00. The minimum Gasteiger partial charge on any atom is -0.569 e. The summed E-state index contributed by atoms with van der Waals surface area (Å²) < 4.78 is 83.2. The van der Waals surface area contributed by atoms with Crippen molar-refractivity contribution in [3.63, 3.8) is 0 Å². The second-order valence-corrected chi connectivity index (χ2v) is 13.0. The average Bonchev–Trinajstić information content (AvgIpc) is 3.40. The lowest BCUT2D eigenvalue weighted by Crippen LogP contribution is -2.52. The SMILES string of the molecule is Cc1ccc(-c2cc(C(F)(F)F)nn2-c2ccc(S(=O)(=O)NC(=O)OCC3CN([N+]([O-])=NOCOC(=O)OC(C)(C)C)C3)cc2)cc1. The minimum absolute atomic E-state index is 0.0961. The van der Waals surface area contributed by atoms with E-state index in [0.717, 1.165) is 28.4 Å². The van der Waals surface area contributed by atoms with Gasteiger partial charge in [0.25, 0.3) is 16.8 Å². The van der Waals surface area contributed by atoms with Crippen LogP contribution in [0.25, 0.3) is 16.9 Å². The molecule has 1 aliphatic heterocycles. The first kappa shape index (κ1) is 34.8. The van der Waals surface area contributed by atoms with Gasteiger partial charge in [-0.2, -0.15) is 18.3 Å². The van der Waals surface area contributed by atoms with Gasteiger partial charge in [0.2, 0.25) is 5.28 Å². The van der Waals surface area contributed by atoms with E-state index in [4.69, 9.17) is 9.47 Å². The predicted octanol–water partition coefficient (Wildman–Crippen LogP) is 4.93. The normalized spacial score (nSPS) is 14.3. The maximum Gasteiger partial charge on any atom is 0.511 e. The molecule has 0 atom stereocenters. The molecule has 2 aromatic carbocycles. The lowest BCUT2D eigenvalue weighted by Gasteiger charge is -2.33. The van der Waals surface area contributed by atoms with E-state index in [0.29, 0.717) is 5.56 Å². The van der Waals surface area contributed by atoms with Crippen molar-refractivity contribution in [1.82, 2.24) is 19.5 Å². The summed E-state index contributed by atoms with van der Waals surface area (Å²) in [5.74, 6) is -0.328. The molecule has 0 spiro atoms. The molecule has 3 aromatic rings. The first-order valence-electron chi connectivity index (χ1n) is 13.9. The molecule has 1 saturated heterocycles. The number of amides is 1. The summed E-state index contributed by atoms with van der Waals surface area (Å²) in [6, 6.07) is 12.4. The number of aryl methyl sites for hydroxylation is 1. The largest absolute Gasteiger partial charge is 0.569 e. The van der Waals surface area contributed by atoms with Crippen LogP contribution >= 0.6 is 0 Å². The van der Waals surface area contributed by atoms with Gasteiger partial charge in [-0.15, -0.1) is 5.01 Å². The zero-order valence-electron chi connectivity index (χ0n) is 25.6. The van der Waals surface area contributed by atoms with E-state index in [1.54, 1.807) is 49.8 Å². The number of benzene rings is 2. The molecule has 1 aliphatic rings. The van der Waals surface area contributed by atoms with Gasteiger partial charge in [0.05, 0.1) is 40.9 Å². The van der Waals surface area contributed by atoms with Crippen LogP contribution in [0.1, 0.15) is 32.0 Å². The fraction of sp³-hybridized carbons (Fsp3) is 0.393. The van der Waals surface area contributed by atoms with Crippen LogP contribution in [-0.2, 0) is 35.2 Å². The molecule has 0 aliphatic carbocycles. The number of nitrogens with one attached hydrogen (secondary N) is 1. The van der Waals surface area contributed by atoms with Crippen LogP contribution in [0, 0.1) is 18.0 Å². The number of ether oxygens (including phenoxy) is 3. The van der Waals surface area contributed by atoms with Crippen LogP contribution in [0.15, 0.2) is 64.8 Å². The van der Waals surface area contributed by atoms with Gasteiger partial charge in [0.1, 0.15) is 5.60 Å². The predicted molar refractivity (Wildman–Crippen MR) is 155 cm³/mol. The molecule has 2 heterocycles. The zero-order chi connectivity index (χ0) is 34.6. The molecule has 254 valence electrons. The van der Waals surface area contributed by atoms with E-state index in [9.17, 15) is 36.4 Å². The van der Waals surface area contributed by atoms with Crippen LogP contribution in [-0.4, -0.2) is 72.5 Å². The molecule has 47 heavy (non-hydrogen) atoms. The van der Waals surface area contributed by atoms with Gasteiger partial charge in [0.15, 0.2) is 5.69 Å². The molecule has 0 bridgehead atoms. The first-order chi connectivity index (χ1) is 21.9. The molecular weight excluding hydrogens is 653 g/mol. The number of carbonyl (C=O) groups is 2. The molecule has 1 aromatic heterocycles. The molecule has 15 nitrogen and oxygen atoms in total. The van der Waals surface area contributed by atoms with Crippen molar-refractivity contribution in [3.05, 3.63) is 71.1 Å². The molecule has 1 fully saturated rings. The Hall–Kier alpha value is -5.07. The van der Waals surface area contributed by atoms with Gasteiger partial charge < -0.3 is 24.3 Å². The maximum atomic E-state index is 13.5. The fourth-order valence-corrected chi connectivity index (χ4v) is 4.96. The smallest absolute Gasteiger partial charge is 0.511 e. The fourth-order valence-electron chi connectivity index (χ4n) is 4.07. The molecule has 0 saturated carbocycles. The van der Waals surface area contributed by atoms with Crippen molar-refractivity contribution in [1.29, 1.82) is 0 Å². The van der Waals surface area contributed by atoms with Gasteiger partial charge in [-0.05, 0) is 58.0 Å². The highest BCUT2D eigenvalue weighted by molar-refractivity contribution is 7.90. The number of sulfonamides is 1. The van der Waals surface area contributed by atoms with E-state index in [1.165, 1.54) is 17.1 Å². The highest BCUT2D eigenvalue weighted by Crippen LogP contribution is 2.33. The lowest BCUT2D eigenvalue weighted by molar-refractivity contribution is -0.727. The van der Waals surface area contributed by atoms with Crippen LogP contribution in [0.3, 0.4) is 0 Å². The third-order valence-corrected chi connectivity index (χ3v) is 7.66. The Morgan fingerprint density at radius 1 is 1.06 bits per heavy atom. The Bertz CT molecular complexity index is 1720. The molecule has 1 N–H and O–H groups in total. The van der Waals surface area contributed by atoms with Crippen LogP contribution in [0.5, 0.6) is 0 Å². The number of hydrazine groups is 1. The first-order valence-corrected chi connectivity index (χ1v) is 15.3. The highest BCUT2D eigenvalue weighted by atomic mass is 32.2. The topological polar surface area (TPSA) is 177 Å². The van der Waals surface area contributed by atoms with E-state index in [-0.39, 0.29) is 46.9 Å². The highest BCUT2D eigenvalue weighted by Gasteiger charge is 2.36. The summed E-state index contributed by atoms with van der Waals surface area (Å²) >= 11 is 0. The summed E-state index contributed by atoms with van der Waals surface area (Å²) in [4.78, 5) is 28.0. The Balaban J connectivity index is 1.28. The van der Waals surface area contributed by atoms with E-state index < -0.39 is 46.5 Å². The van der Waals surface area contributed by atoms with Crippen molar-refractivity contribution < 1.29 is 55.2 Å². The van der Waals surface area contributed by atoms with Gasteiger partial charge in [0, 0.05) is 11.5 Å². The Morgan fingerprint density at radius 3 is 2.30 bits per heavy atom. The molecule has 0 unspecified atom stereocenters. The number of rotatable bonds is 10. The Kier molecular flexibility index (Phi) is 10.2. The Labute approximate surface area is 267 Å². The second-order valence-electron chi connectivity index (χ2n) is 11.3. The van der Waals surface area contributed by atoms with Crippen molar-refractivity contribution in [2.75, 3.05) is 26.5 Å². The molecule has 4 rings (SSSR count). The van der Waals surface area contributed by atoms with Crippen LogP contribution in [0.2, 0.25) is 0 Å². The number of hydrogen-bond donors (Lipinski definition) is 1. The van der Waals surface area contributed by atoms with Gasteiger partial charge >= 0.3 is 18.4 Å². The number of alkyl halides is 3. The molecule has 0 radical (unpaired) electrons. The van der Waals surface area contributed by atoms with Crippen molar-refractivity contribution in [2.45, 2.75) is 44.4 Å². The maximum absolute atomic E-state index is 13.5. The summed E-state index contributed by atoms with van der Waals surface area (Å²) in [5.41, 5.74) is -0.249. The number of hydrogen-bond acceptors (Lipinski definition) is 11. The van der Waals surface area contributed by atoms with E-state index >= 15 is 0 Å². The average molecular weight is 685 g/mol. The van der Waals surface area contributed by atoms with Crippen LogP contribution < -0.4 is 4.72 Å². The van der Waals surface area contributed by atoms with Gasteiger partial charge in [-0.1, -0.05) is 29.8 Å². The summed E-state index contributed by atoms with van der Waals surface area (Å²) in [6.45, 7) is 6.04. The lowest BCUT2D eigenvalue weighted by atomic mass is 10.0. The van der Waals surface area contributed by atoms with E-state index in [2.05, 4.69) is 20.0 Å². The second kappa shape index (κ2) is 13.7. The van der Waals surface area contributed by atoms with E-state index in [1.807, 2.05) is 6.92 Å². The number of aromatic nitrogens is 2. The van der Waals surface area contributed by atoms with Crippen molar-refractivity contribution in [2.24, 2.45) is 11.2 Å². The number of nitrogens with zero attached hydrogens (tertiary/aromatic N) is 5. The third kappa shape index (κ3) is 9.47. The quantitative estimate of drug-likeness (QED) is 0.0765. The molecular formula is C28H31F3N6O9S. The van der Waals surface area contributed by atoms with Crippen molar-refractivity contribution in [3.8, 4) is 16.9 Å². The minimum atomic E-state index is -4.71. The summed E-state index contributed by atoms with van der Waals surface area (Å²) in [7, 11) is -4.41. The third-order valence-electron chi connectivity index (χ3n) is 6.33. The zero-order valence-corrected chi connectivity index (χ0v) is 26.4. The monoisotopic (exact) mass is 684 g/mol. The van der Waals surface area contributed by atoms with Gasteiger partial charge in [-0.25, -0.2) is 27.4 Å². The van der Waals surface area contributed by atoms with Gasteiger partial charge in [-0.3, -0.25) is 0 Å². The summed E-state index contributed by atoms with van der Waals surface area (Å²) in [5, 5.41) is 20.0.